The molecule has 2 atom stereocenters. The van der Waals surface area contributed by atoms with Crippen LogP contribution in [0.25, 0.3) is 0 Å². The molecule has 1 aromatic rings. The maximum absolute atomic E-state index is 9.57. The molecule has 0 spiro atoms. The highest BCUT2D eigenvalue weighted by atomic mass is 16.5. The number of fused-ring (bicyclic) bond motifs is 1. The number of nitrogens with one attached hydrogen (secondary N) is 1. The lowest BCUT2D eigenvalue weighted by Crippen LogP contribution is -2.65. The van der Waals surface area contributed by atoms with E-state index in [1.165, 1.54) is 0 Å². The van der Waals surface area contributed by atoms with Gasteiger partial charge in [0.25, 0.3) is 0 Å². The lowest BCUT2D eigenvalue weighted by atomic mass is 10.1. The Morgan fingerprint density at radius 3 is 2.67 bits per heavy atom. The van der Waals surface area contributed by atoms with Crippen LogP contribution in [0.3, 0.4) is 0 Å². The summed E-state index contributed by atoms with van der Waals surface area (Å²) < 4.78 is 6.22. The number of aliphatic hydroxyl groups excluding tert-OH is 1. The summed E-state index contributed by atoms with van der Waals surface area (Å²) in [7, 11) is 2.11. The van der Waals surface area contributed by atoms with E-state index in [1.54, 1.807) is 0 Å². The Balaban J connectivity index is 2.62. The van der Waals surface area contributed by atoms with E-state index in [4.69, 9.17) is 10.5 Å². The van der Waals surface area contributed by atoms with Crippen LogP contribution in [0.4, 0.5) is 17.2 Å². The minimum atomic E-state index is -0.380. The van der Waals surface area contributed by atoms with E-state index in [9.17, 15) is 5.11 Å². The van der Waals surface area contributed by atoms with E-state index in [-0.39, 0.29) is 12.3 Å². The zero-order valence-electron chi connectivity index (χ0n) is 13.7. The van der Waals surface area contributed by atoms with E-state index in [2.05, 4.69) is 31.2 Å². The Morgan fingerprint density at radius 2 is 2.10 bits per heavy atom. The van der Waals surface area contributed by atoms with Gasteiger partial charge in [0.15, 0.2) is 17.2 Å². The van der Waals surface area contributed by atoms with Gasteiger partial charge in [-0.25, -0.2) is 4.98 Å². The summed E-state index contributed by atoms with van der Waals surface area (Å²) >= 11 is 0. The predicted molar refractivity (Wildman–Crippen MR) is 86.3 cm³/mol. The molecule has 6 nitrogen and oxygen atoms in total. The Labute approximate surface area is 126 Å². The molecule has 0 saturated carbocycles. The van der Waals surface area contributed by atoms with Crippen molar-refractivity contribution in [2.45, 2.75) is 33.4 Å². The highest BCUT2D eigenvalue weighted by Gasteiger charge is 2.54. The first-order valence-corrected chi connectivity index (χ1v) is 7.40. The van der Waals surface area contributed by atoms with Crippen LogP contribution in [0, 0.1) is 13.8 Å². The molecular weight excluding hydrogens is 268 g/mol. The van der Waals surface area contributed by atoms with Crippen molar-refractivity contribution in [1.82, 2.24) is 9.47 Å². The van der Waals surface area contributed by atoms with E-state index >= 15 is 0 Å². The summed E-state index contributed by atoms with van der Waals surface area (Å²) in [4.78, 5) is 4.42. The highest BCUT2D eigenvalue weighted by Crippen LogP contribution is 2.49. The van der Waals surface area contributed by atoms with Gasteiger partial charge in [0.1, 0.15) is 18.8 Å². The van der Waals surface area contributed by atoms with Crippen molar-refractivity contribution in [3.63, 3.8) is 0 Å². The first-order valence-electron chi connectivity index (χ1n) is 7.40. The molecule has 0 radical (unpaired) electrons. The molecule has 2 unspecified atom stereocenters. The van der Waals surface area contributed by atoms with Crippen molar-refractivity contribution in [2.24, 2.45) is 0 Å². The standard InChI is InChI=1S/C15H27N4O2/c1-6-21-9-15(4)18-12-13(19(15,5)7-8-20)10(2)11(3)17-14(12)16/h18,20H,6-9H2,1-5H3,(H2,16,17)/q+1. The average molecular weight is 295 g/mol. The topological polar surface area (TPSA) is 80.4 Å². The van der Waals surface area contributed by atoms with Crippen LogP contribution >= 0.6 is 0 Å². The third-order valence-electron chi connectivity index (χ3n) is 4.79. The zero-order valence-corrected chi connectivity index (χ0v) is 13.7. The van der Waals surface area contributed by atoms with Gasteiger partial charge in [0.2, 0.25) is 0 Å². The number of hydrogen-bond acceptors (Lipinski definition) is 5. The van der Waals surface area contributed by atoms with Crippen LogP contribution in [-0.2, 0) is 4.74 Å². The first-order chi connectivity index (χ1) is 9.80. The minimum absolute atomic E-state index is 0.0973. The maximum Gasteiger partial charge on any atom is 0.198 e. The number of ether oxygens (including phenoxy) is 1. The van der Waals surface area contributed by atoms with E-state index < -0.39 is 0 Å². The molecule has 2 rings (SSSR count). The molecule has 1 aromatic heterocycles. The molecule has 0 saturated heterocycles. The van der Waals surface area contributed by atoms with Gasteiger partial charge in [0.05, 0.1) is 13.7 Å². The molecule has 2 heterocycles. The Hall–Kier alpha value is -1.37. The Kier molecular flexibility index (Phi) is 4.15. The number of nitrogen functional groups attached to an aromatic ring is 1. The molecule has 0 aromatic carbocycles. The van der Waals surface area contributed by atoms with E-state index in [1.807, 2.05) is 13.8 Å². The molecule has 21 heavy (non-hydrogen) atoms. The van der Waals surface area contributed by atoms with Crippen LogP contribution in [0.2, 0.25) is 0 Å². The second-order valence-corrected chi connectivity index (χ2v) is 6.11. The summed E-state index contributed by atoms with van der Waals surface area (Å²) in [5, 5.41) is 13.1. The SMILES string of the molecule is CCOCC1(C)Nc2c(N)nc(C)c(C)c2[N+]1(C)CCO. The smallest absolute Gasteiger partial charge is 0.198 e. The van der Waals surface area contributed by atoms with Crippen LogP contribution in [0.15, 0.2) is 0 Å². The Bertz CT molecular complexity index is 549. The number of nitrogens with two attached hydrogens (primary N) is 1. The fraction of sp³-hybridized carbons (Fsp3) is 0.667. The zero-order chi connectivity index (χ0) is 15.8. The van der Waals surface area contributed by atoms with Gasteiger partial charge in [-0.3, -0.25) is 4.48 Å². The second-order valence-electron chi connectivity index (χ2n) is 6.11. The molecule has 0 aliphatic carbocycles. The van der Waals surface area contributed by atoms with Crippen molar-refractivity contribution in [2.75, 3.05) is 44.5 Å². The number of pyridine rings is 1. The Morgan fingerprint density at radius 1 is 1.43 bits per heavy atom. The number of quaternary nitrogens is 1. The van der Waals surface area contributed by atoms with Crippen molar-refractivity contribution < 1.29 is 9.84 Å². The number of aromatic nitrogens is 1. The molecule has 0 amide bonds. The van der Waals surface area contributed by atoms with Gasteiger partial charge in [-0.05, 0) is 20.8 Å². The van der Waals surface area contributed by atoms with Crippen molar-refractivity contribution >= 4 is 17.2 Å². The van der Waals surface area contributed by atoms with Gasteiger partial charge >= 0.3 is 0 Å². The third-order valence-corrected chi connectivity index (χ3v) is 4.79. The number of rotatable bonds is 5. The van der Waals surface area contributed by atoms with Gasteiger partial charge < -0.3 is 20.9 Å². The highest BCUT2D eigenvalue weighted by molar-refractivity contribution is 5.86. The summed E-state index contributed by atoms with van der Waals surface area (Å²) in [6, 6.07) is 0. The van der Waals surface area contributed by atoms with Crippen molar-refractivity contribution in [3.8, 4) is 0 Å². The van der Waals surface area contributed by atoms with Gasteiger partial charge in [-0.2, -0.15) is 0 Å². The molecule has 6 heteroatoms. The number of anilines is 2. The monoisotopic (exact) mass is 295 g/mol. The minimum Gasteiger partial charge on any atom is -0.390 e. The normalized spacial score (nSPS) is 27.5. The second kappa shape index (κ2) is 5.44. The first kappa shape index (κ1) is 16.0. The molecular formula is C15H27N4O2+. The van der Waals surface area contributed by atoms with Crippen LogP contribution in [0.5, 0.6) is 0 Å². The maximum atomic E-state index is 9.57. The molecule has 1 aliphatic heterocycles. The average Bonchev–Trinajstić information content (AvgIpc) is 2.65. The fourth-order valence-electron chi connectivity index (χ4n) is 3.22. The largest absolute Gasteiger partial charge is 0.390 e. The summed E-state index contributed by atoms with van der Waals surface area (Å²) in [6.07, 6.45) is 0. The number of aryl methyl sites for hydroxylation is 1. The van der Waals surface area contributed by atoms with Crippen LogP contribution in [0.1, 0.15) is 25.1 Å². The molecule has 0 fully saturated rings. The van der Waals surface area contributed by atoms with Gasteiger partial charge in [-0.15, -0.1) is 0 Å². The lowest BCUT2D eigenvalue weighted by molar-refractivity contribution is 0.0381. The fourth-order valence-corrected chi connectivity index (χ4v) is 3.22. The number of likely N-dealkylation sites (N-methyl/N-ethyl adjacent to an activating group) is 1. The lowest BCUT2D eigenvalue weighted by Gasteiger charge is -2.43. The van der Waals surface area contributed by atoms with Crippen molar-refractivity contribution in [1.29, 1.82) is 0 Å². The summed E-state index contributed by atoms with van der Waals surface area (Å²) in [5.74, 6) is 0.510. The van der Waals surface area contributed by atoms with Gasteiger partial charge in [-0.1, -0.05) is 0 Å². The molecule has 118 valence electrons. The third kappa shape index (κ3) is 2.27. The van der Waals surface area contributed by atoms with E-state index in [0.717, 1.165) is 22.6 Å². The molecule has 0 bridgehead atoms. The summed E-state index contributed by atoms with van der Waals surface area (Å²) in [6.45, 7) is 9.98. The molecule has 1 aliphatic rings. The predicted octanol–water partition coefficient (Wildman–Crippen LogP) is 1.39. The van der Waals surface area contributed by atoms with Gasteiger partial charge in [0, 0.05) is 24.8 Å². The number of nitrogens with zero attached hydrogens (tertiary/aromatic N) is 2. The number of hydrogen-bond donors (Lipinski definition) is 3. The van der Waals surface area contributed by atoms with Crippen molar-refractivity contribution in [3.05, 3.63) is 11.3 Å². The van der Waals surface area contributed by atoms with E-state index in [0.29, 0.717) is 30.1 Å². The quantitative estimate of drug-likeness (QED) is 0.715. The van der Waals surface area contributed by atoms with Crippen LogP contribution in [-0.4, -0.2) is 49.2 Å². The number of aliphatic hydroxyl groups is 1. The molecule has 4 N–H and O–H groups in total. The van der Waals surface area contributed by atoms with Crippen LogP contribution < -0.4 is 15.5 Å². The summed E-state index contributed by atoms with van der Waals surface area (Å²) in [5.41, 5.74) is 9.76.